The van der Waals surface area contributed by atoms with Crippen molar-refractivity contribution in [2.24, 2.45) is 0 Å². The maximum Gasteiger partial charge on any atom is 0.514 e. The van der Waals surface area contributed by atoms with E-state index in [1.54, 1.807) is 72.0 Å². The Labute approximate surface area is 342 Å². The molecule has 5 rings (SSSR count). The van der Waals surface area contributed by atoms with E-state index >= 15 is 4.39 Å². The van der Waals surface area contributed by atoms with Gasteiger partial charge in [0.05, 0.1) is 25.3 Å². The van der Waals surface area contributed by atoms with Crippen molar-refractivity contribution in [3.63, 3.8) is 0 Å². The van der Waals surface area contributed by atoms with Gasteiger partial charge in [-0.05, 0) is 107 Å². The molecule has 0 spiro atoms. The number of alkyl carbamates (subject to hydrolysis) is 1. The van der Waals surface area contributed by atoms with Crippen LogP contribution in [0.2, 0.25) is 0 Å². The van der Waals surface area contributed by atoms with Gasteiger partial charge in [-0.15, -0.1) is 0 Å². The summed E-state index contributed by atoms with van der Waals surface area (Å²) in [7, 11) is 2.72. The van der Waals surface area contributed by atoms with E-state index in [9.17, 15) is 24.9 Å². The number of hydrogen-bond acceptors (Lipinski definition) is 12. The number of ether oxygens (including phenoxy) is 5. The molecule has 0 atom stereocenters. The van der Waals surface area contributed by atoms with E-state index in [1.165, 1.54) is 38.5 Å². The number of pyridine rings is 1. The SMILES string of the molecule is COC(=O)/C=C/c1ccc(C2(NC(=O)OC(C)(C)C)CCN(c3ncc(-c4ccc(OC)c(OC(=O)OC(C)(C)C)c4)c(-c4ccc(C#N)c(F)c4)c3C#N)CC2)cc1. The number of piperidine rings is 1. The van der Waals surface area contributed by atoms with Gasteiger partial charge in [0, 0.05) is 36.5 Å². The Morgan fingerprint density at radius 2 is 1.53 bits per heavy atom. The monoisotopic (exact) mass is 803 g/mol. The van der Waals surface area contributed by atoms with Crippen LogP contribution in [0.4, 0.5) is 19.8 Å². The zero-order chi connectivity index (χ0) is 43.1. The molecule has 13 nitrogen and oxygen atoms in total. The maximum absolute atomic E-state index is 15.3. The number of anilines is 1. The van der Waals surface area contributed by atoms with E-state index in [-0.39, 0.29) is 22.6 Å². The smallest absolute Gasteiger partial charge is 0.493 e. The van der Waals surface area contributed by atoms with Gasteiger partial charge in [-0.25, -0.2) is 23.8 Å². The van der Waals surface area contributed by atoms with Gasteiger partial charge in [0.15, 0.2) is 11.5 Å². The number of carbonyl (C=O) groups is 3. The third-order valence-corrected chi connectivity index (χ3v) is 9.34. The minimum Gasteiger partial charge on any atom is -0.493 e. The lowest BCUT2D eigenvalue weighted by Crippen LogP contribution is -2.54. The number of nitriles is 2. The third-order valence-electron chi connectivity index (χ3n) is 9.34. The highest BCUT2D eigenvalue weighted by molar-refractivity contribution is 5.91. The number of halogens is 1. The molecule has 1 aliphatic heterocycles. The van der Waals surface area contributed by atoms with Crippen LogP contribution in [0.1, 0.15) is 76.6 Å². The van der Waals surface area contributed by atoms with Crippen molar-refractivity contribution in [1.29, 1.82) is 10.5 Å². The van der Waals surface area contributed by atoms with E-state index in [0.29, 0.717) is 54.0 Å². The van der Waals surface area contributed by atoms with Crippen molar-refractivity contribution < 1.29 is 42.5 Å². The third kappa shape index (κ3) is 10.5. The molecule has 0 aliphatic carbocycles. The van der Waals surface area contributed by atoms with Crippen LogP contribution in [0.15, 0.2) is 72.9 Å². The molecule has 14 heteroatoms. The fourth-order valence-electron chi connectivity index (χ4n) is 6.64. The summed E-state index contributed by atoms with van der Waals surface area (Å²) in [6.07, 6.45) is 3.71. The van der Waals surface area contributed by atoms with Gasteiger partial charge in [0.1, 0.15) is 40.5 Å². The zero-order valence-electron chi connectivity index (χ0n) is 34.3. The number of esters is 1. The number of nitrogens with one attached hydrogen (secondary N) is 1. The molecule has 1 N–H and O–H groups in total. The summed E-state index contributed by atoms with van der Waals surface area (Å²) >= 11 is 0. The highest BCUT2D eigenvalue weighted by Crippen LogP contribution is 2.43. The fraction of sp³-hybridized carbons (Fsp3) is 0.333. The number of benzene rings is 3. The molecule has 59 heavy (non-hydrogen) atoms. The first-order valence-corrected chi connectivity index (χ1v) is 18.7. The Morgan fingerprint density at radius 3 is 2.10 bits per heavy atom. The molecular formula is C45H46FN5O8. The quantitative estimate of drug-likeness (QED) is 0.0738. The van der Waals surface area contributed by atoms with Crippen LogP contribution >= 0.6 is 0 Å². The molecule has 0 bridgehead atoms. The molecule has 1 amide bonds. The van der Waals surface area contributed by atoms with E-state index < -0.39 is 40.8 Å². The van der Waals surface area contributed by atoms with Crippen molar-refractivity contribution in [2.45, 2.75) is 71.1 Å². The van der Waals surface area contributed by atoms with E-state index in [1.807, 2.05) is 35.2 Å². The lowest BCUT2D eigenvalue weighted by Gasteiger charge is -2.43. The van der Waals surface area contributed by atoms with Crippen LogP contribution in [0.3, 0.4) is 0 Å². The molecule has 306 valence electrons. The van der Waals surface area contributed by atoms with Crippen LogP contribution in [-0.2, 0) is 24.5 Å². The van der Waals surface area contributed by atoms with Crippen molar-refractivity contribution in [3.8, 4) is 45.9 Å². The second-order valence-corrected chi connectivity index (χ2v) is 15.8. The number of nitrogens with zero attached hydrogens (tertiary/aromatic N) is 4. The summed E-state index contributed by atoms with van der Waals surface area (Å²) < 4.78 is 42.0. The second kappa shape index (κ2) is 17.7. The summed E-state index contributed by atoms with van der Waals surface area (Å²) in [5.74, 6) is -0.666. The molecule has 1 saturated heterocycles. The molecule has 3 aromatic carbocycles. The second-order valence-electron chi connectivity index (χ2n) is 15.8. The topological polar surface area (TPSA) is 173 Å². The average molecular weight is 804 g/mol. The van der Waals surface area contributed by atoms with Crippen molar-refractivity contribution in [3.05, 3.63) is 101 Å². The van der Waals surface area contributed by atoms with Crippen molar-refractivity contribution in [2.75, 3.05) is 32.2 Å². The van der Waals surface area contributed by atoms with Gasteiger partial charge in [0.2, 0.25) is 0 Å². The Morgan fingerprint density at radius 1 is 0.864 bits per heavy atom. The Kier molecular flexibility index (Phi) is 13.0. The van der Waals surface area contributed by atoms with Crippen LogP contribution in [-0.4, -0.2) is 61.7 Å². The van der Waals surface area contributed by atoms with Crippen molar-refractivity contribution in [1.82, 2.24) is 10.3 Å². The maximum atomic E-state index is 15.3. The Hall–Kier alpha value is -6.93. The number of carbonyl (C=O) groups excluding carboxylic acids is 3. The first-order chi connectivity index (χ1) is 27.9. The molecule has 0 radical (unpaired) electrons. The largest absolute Gasteiger partial charge is 0.514 e. The number of aromatic nitrogens is 1. The fourth-order valence-corrected chi connectivity index (χ4v) is 6.64. The van der Waals surface area contributed by atoms with E-state index in [2.05, 4.69) is 11.4 Å². The van der Waals surface area contributed by atoms with Crippen LogP contribution in [0.5, 0.6) is 11.5 Å². The molecule has 4 aromatic rings. The summed E-state index contributed by atoms with van der Waals surface area (Å²) in [5.41, 5.74) is 0.552. The summed E-state index contributed by atoms with van der Waals surface area (Å²) in [4.78, 5) is 44.4. The minimum absolute atomic E-state index is 0.0381. The summed E-state index contributed by atoms with van der Waals surface area (Å²) in [6, 6.07) is 20.5. The van der Waals surface area contributed by atoms with Crippen LogP contribution in [0.25, 0.3) is 28.3 Å². The van der Waals surface area contributed by atoms with E-state index in [0.717, 1.165) is 11.1 Å². The molecule has 1 aromatic heterocycles. The van der Waals surface area contributed by atoms with E-state index in [4.69, 9.17) is 28.7 Å². The minimum atomic E-state index is -0.956. The van der Waals surface area contributed by atoms with Gasteiger partial charge in [-0.2, -0.15) is 10.5 Å². The molecule has 0 unspecified atom stereocenters. The number of rotatable bonds is 9. The van der Waals surface area contributed by atoms with Gasteiger partial charge >= 0.3 is 18.2 Å². The Balaban J connectivity index is 1.58. The molecule has 0 saturated carbocycles. The highest BCUT2D eigenvalue weighted by atomic mass is 19.1. The predicted octanol–water partition coefficient (Wildman–Crippen LogP) is 8.83. The Bertz CT molecular complexity index is 2340. The standard InChI is InChI=1S/C45H46FN5O8/c1-43(2,3)58-41(53)50-45(32-15-9-28(10-16-32)11-18-38(52)56-8)19-21-51(22-20-45)40-33(26-48)39(30-12-13-31(25-47)35(46)23-30)34(27-49-40)29-14-17-36(55-7)37(24-29)57-42(54)59-44(4,5)6/h9-18,23-24,27H,19-22H2,1-8H3,(H,50,53)/b18-11+. The summed E-state index contributed by atoms with van der Waals surface area (Å²) in [5, 5.41) is 23.4. The van der Waals surface area contributed by atoms with Gasteiger partial charge in [-0.3, -0.25) is 0 Å². The van der Waals surface area contributed by atoms with Gasteiger partial charge in [0.25, 0.3) is 0 Å². The number of hydrogen-bond donors (Lipinski definition) is 1. The number of methoxy groups -OCH3 is 2. The number of amides is 1. The highest BCUT2D eigenvalue weighted by Gasteiger charge is 2.40. The summed E-state index contributed by atoms with van der Waals surface area (Å²) in [6.45, 7) is 11.1. The molecule has 1 aliphatic rings. The normalized spacial score (nSPS) is 13.8. The average Bonchev–Trinajstić information content (AvgIpc) is 3.18. The zero-order valence-corrected chi connectivity index (χ0v) is 34.3. The van der Waals surface area contributed by atoms with Gasteiger partial charge < -0.3 is 33.9 Å². The first kappa shape index (κ1) is 43.2. The molecule has 2 heterocycles. The predicted molar refractivity (Wildman–Crippen MR) is 218 cm³/mol. The van der Waals surface area contributed by atoms with Gasteiger partial charge in [-0.1, -0.05) is 36.4 Å². The van der Waals surface area contributed by atoms with Crippen molar-refractivity contribution >= 4 is 30.1 Å². The lowest BCUT2D eigenvalue weighted by molar-refractivity contribution is -0.134. The first-order valence-electron chi connectivity index (χ1n) is 18.7. The van der Waals surface area contributed by atoms with Crippen LogP contribution < -0.4 is 19.7 Å². The molecular weight excluding hydrogens is 758 g/mol. The van der Waals surface area contributed by atoms with Crippen LogP contribution in [0, 0.1) is 28.5 Å². The lowest BCUT2D eigenvalue weighted by atomic mass is 9.80. The molecule has 1 fully saturated rings.